The van der Waals surface area contributed by atoms with Crippen LogP contribution in [-0.2, 0) is 0 Å². The van der Waals surface area contributed by atoms with E-state index in [0.717, 1.165) is 0 Å². The number of alkyl halides is 1. The smallest absolute Gasteiger partial charge is 0.125 e. The lowest BCUT2D eigenvalue weighted by molar-refractivity contribution is 0.366. The average Bonchev–Trinajstić information content (AvgIpc) is 1.80. The minimum absolute atomic E-state index is 0.0810. The highest BCUT2D eigenvalue weighted by atomic mass is 19.1. The van der Waals surface area contributed by atoms with Gasteiger partial charge in [0.1, 0.15) is 12.0 Å². The van der Waals surface area contributed by atoms with E-state index < -0.39 is 6.17 Å². The van der Waals surface area contributed by atoms with Gasteiger partial charge >= 0.3 is 0 Å². The number of rotatable bonds is 0. The van der Waals surface area contributed by atoms with Crippen LogP contribution < -0.4 is 0 Å². The fourth-order valence-corrected chi connectivity index (χ4v) is 0.739. The summed E-state index contributed by atoms with van der Waals surface area (Å²) in [6, 6.07) is 0. The average molecular weight is 130 g/mol. The van der Waals surface area contributed by atoms with Crippen LogP contribution in [0.4, 0.5) is 8.78 Å². The van der Waals surface area contributed by atoms with Crippen molar-refractivity contribution in [3.8, 4) is 0 Å². The summed E-state index contributed by atoms with van der Waals surface area (Å²) in [5, 5.41) is 0. The predicted octanol–water partition coefficient (Wildman–Crippen LogP) is 2.53. The summed E-state index contributed by atoms with van der Waals surface area (Å²) >= 11 is 0. The Bertz CT molecular complexity index is 168. The first-order chi connectivity index (χ1) is 4.20. The predicted molar refractivity (Wildman–Crippen MR) is 32.5 cm³/mol. The van der Waals surface area contributed by atoms with Gasteiger partial charge in [-0.2, -0.15) is 0 Å². The molecule has 1 aliphatic carbocycles. The molecule has 0 spiro atoms. The second-order valence-corrected chi connectivity index (χ2v) is 2.17. The monoisotopic (exact) mass is 130 g/mol. The van der Waals surface area contributed by atoms with Gasteiger partial charge < -0.3 is 0 Å². The van der Waals surface area contributed by atoms with Gasteiger partial charge in [-0.05, 0) is 18.6 Å². The molecule has 0 saturated carbocycles. The van der Waals surface area contributed by atoms with Gasteiger partial charge in [0.05, 0.1) is 0 Å². The minimum Gasteiger partial charge on any atom is -0.242 e. The van der Waals surface area contributed by atoms with Crippen molar-refractivity contribution in [2.24, 2.45) is 0 Å². The Morgan fingerprint density at radius 3 is 2.78 bits per heavy atom. The molecular weight excluding hydrogens is 122 g/mol. The highest BCUT2D eigenvalue weighted by molar-refractivity contribution is 5.25. The molecule has 0 radical (unpaired) electrons. The van der Waals surface area contributed by atoms with Gasteiger partial charge in [-0.1, -0.05) is 6.08 Å². The maximum Gasteiger partial charge on any atom is 0.125 e. The van der Waals surface area contributed by atoms with E-state index >= 15 is 0 Å². The number of hydrogen-bond acceptors (Lipinski definition) is 0. The zero-order valence-corrected chi connectivity index (χ0v) is 5.20. The van der Waals surface area contributed by atoms with Gasteiger partial charge in [-0.15, -0.1) is 0 Å². The molecule has 50 valence electrons. The van der Waals surface area contributed by atoms with Gasteiger partial charge in [0, 0.05) is 6.42 Å². The summed E-state index contributed by atoms with van der Waals surface area (Å²) in [5.74, 6) is -0.329. The van der Waals surface area contributed by atoms with Crippen molar-refractivity contribution in [3.05, 3.63) is 23.6 Å². The van der Waals surface area contributed by atoms with Crippen molar-refractivity contribution in [1.29, 1.82) is 0 Å². The molecule has 0 aromatic heterocycles. The normalized spacial score (nSPS) is 27.2. The molecule has 0 amide bonds. The van der Waals surface area contributed by atoms with Crippen LogP contribution in [0.25, 0.3) is 0 Å². The molecule has 1 aliphatic rings. The van der Waals surface area contributed by atoms with E-state index in [0.29, 0.717) is 5.57 Å². The third-order valence-corrected chi connectivity index (χ3v) is 1.36. The van der Waals surface area contributed by atoms with Crippen LogP contribution in [0, 0.1) is 0 Å². The Labute approximate surface area is 52.9 Å². The zero-order chi connectivity index (χ0) is 6.85. The van der Waals surface area contributed by atoms with Crippen LogP contribution in [-0.4, -0.2) is 6.17 Å². The van der Waals surface area contributed by atoms with E-state index in [1.54, 1.807) is 6.92 Å². The molecule has 9 heavy (non-hydrogen) atoms. The Kier molecular flexibility index (Phi) is 1.65. The second-order valence-electron chi connectivity index (χ2n) is 2.17. The topological polar surface area (TPSA) is 0 Å². The van der Waals surface area contributed by atoms with Crippen molar-refractivity contribution in [3.63, 3.8) is 0 Å². The summed E-state index contributed by atoms with van der Waals surface area (Å²) in [4.78, 5) is 0. The Morgan fingerprint density at radius 1 is 1.67 bits per heavy atom. The first-order valence-electron chi connectivity index (χ1n) is 2.87. The van der Waals surface area contributed by atoms with E-state index in [1.165, 1.54) is 12.2 Å². The highest BCUT2D eigenvalue weighted by Crippen LogP contribution is 2.21. The van der Waals surface area contributed by atoms with Crippen LogP contribution >= 0.6 is 0 Å². The summed E-state index contributed by atoms with van der Waals surface area (Å²) in [6.45, 7) is 1.64. The SMILES string of the molecule is CC1=C(F)CC(F)C=C1. The van der Waals surface area contributed by atoms with Crippen LogP contribution in [0.1, 0.15) is 13.3 Å². The summed E-state index contributed by atoms with van der Waals surface area (Å²) in [5.41, 5.74) is 0.545. The van der Waals surface area contributed by atoms with Crippen molar-refractivity contribution >= 4 is 0 Å². The lowest BCUT2D eigenvalue weighted by Crippen LogP contribution is -2.00. The Morgan fingerprint density at radius 2 is 2.33 bits per heavy atom. The quantitative estimate of drug-likeness (QED) is 0.472. The van der Waals surface area contributed by atoms with Crippen molar-refractivity contribution in [2.45, 2.75) is 19.5 Å². The van der Waals surface area contributed by atoms with Crippen LogP contribution in [0.15, 0.2) is 23.6 Å². The summed E-state index contributed by atoms with van der Waals surface area (Å²) < 4.78 is 24.7. The first kappa shape index (κ1) is 6.46. The van der Waals surface area contributed by atoms with Gasteiger partial charge in [-0.3, -0.25) is 0 Å². The fourth-order valence-electron chi connectivity index (χ4n) is 0.739. The van der Waals surface area contributed by atoms with Crippen molar-refractivity contribution in [2.75, 3.05) is 0 Å². The minimum atomic E-state index is -1.12. The lowest BCUT2D eigenvalue weighted by Gasteiger charge is -2.07. The number of halogens is 2. The molecule has 1 rings (SSSR count). The summed E-state index contributed by atoms with van der Waals surface area (Å²) in [6.07, 6.45) is 1.65. The second kappa shape index (κ2) is 2.29. The van der Waals surface area contributed by atoms with E-state index in [2.05, 4.69) is 0 Å². The molecule has 2 heteroatoms. The van der Waals surface area contributed by atoms with Crippen LogP contribution in [0.5, 0.6) is 0 Å². The number of hydrogen-bond donors (Lipinski definition) is 0. The summed E-state index contributed by atoms with van der Waals surface area (Å²) in [7, 11) is 0. The maximum atomic E-state index is 12.4. The molecule has 0 saturated heterocycles. The molecule has 0 fully saturated rings. The Balaban J connectivity index is 2.75. The van der Waals surface area contributed by atoms with E-state index in [-0.39, 0.29) is 12.2 Å². The van der Waals surface area contributed by atoms with Crippen LogP contribution in [0.2, 0.25) is 0 Å². The third kappa shape index (κ3) is 1.37. The number of allylic oxidation sites excluding steroid dienone is 4. The standard InChI is InChI=1S/C7H8F2/c1-5-2-3-6(8)4-7(5)9/h2-3,6H,4H2,1H3. The lowest BCUT2D eigenvalue weighted by atomic mass is 10.1. The van der Waals surface area contributed by atoms with E-state index in [9.17, 15) is 8.78 Å². The first-order valence-corrected chi connectivity index (χ1v) is 2.87. The van der Waals surface area contributed by atoms with Crippen molar-refractivity contribution < 1.29 is 8.78 Å². The van der Waals surface area contributed by atoms with Gasteiger partial charge in [0.2, 0.25) is 0 Å². The van der Waals surface area contributed by atoms with Gasteiger partial charge in [0.25, 0.3) is 0 Å². The molecule has 0 heterocycles. The van der Waals surface area contributed by atoms with Gasteiger partial charge in [0.15, 0.2) is 0 Å². The largest absolute Gasteiger partial charge is 0.242 e. The zero-order valence-electron chi connectivity index (χ0n) is 5.20. The van der Waals surface area contributed by atoms with E-state index in [1.807, 2.05) is 0 Å². The molecule has 0 aliphatic heterocycles. The molecular formula is C7H8F2. The van der Waals surface area contributed by atoms with Crippen LogP contribution in [0.3, 0.4) is 0 Å². The molecule has 0 nitrogen and oxygen atoms in total. The van der Waals surface area contributed by atoms with Crippen molar-refractivity contribution in [1.82, 2.24) is 0 Å². The fraction of sp³-hybridized carbons (Fsp3) is 0.429. The molecule has 0 aromatic rings. The molecule has 1 atom stereocenters. The molecule has 0 aromatic carbocycles. The maximum absolute atomic E-state index is 12.4. The highest BCUT2D eigenvalue weighted by Gasteiger charge is 2.11. The molecule has 1 unspecified atom stereocenters. The Hall–Kier alpha value is -0.660. The third-order valence-electron chi connectivity index (χ3n) is 1.36. The van der Waals surface area contributed by atoms with Gasteiger partial charge in [-0.25, -0.2) is 8.78 Å². The van der Waals surface area contributed by atoms with E-state index in [4.69, 9.17) is 0 Å². The molecule has 0 N–H and O–H groups in total. The molecule has 0 bridgehead atoms.